The summed E-state index contributed by atoms with van der Waals surface area (Å²) >= 11 is 0. The number of hydrogen-bond acceptors (Lipinski definition) is 4. The Bertz CT molecular complexity index is 557. The van der Waals surface area contributed by atoms with Crippen LogP contribution in [-0.2, 0) is 14.3 Å². The van der Waals surface area contributed by atoms with Gasteiger partial charge >= 0.3 is 0 Å². The molecule has 2 amide bonds. The van der Waals surface area contributed by atoms with Gasteiger partial charge in [0.1, 0.15) is 6.54 Å². The molecule has 1 aliphatic heterocycles. The molecule has 0 aliphatic carbocycles. The minimum atomic E-state index is -0.207. The van der Waals surface area contributed by atoms with Crippen molar-refractivity contribution in [1.29, 1.82) is 5.26 Å². The summed E-state index contributed by atoms with van der Waals surface area (Å²) in [6, 6.07) is 8.63. The Labute approximate surface area is 123 Å². The monoisotopic (exact) mass is 287 g/mol. The first-order valence-electron chi connectivity index (χ1n) is 6.75. The standard InChI is InChI=1S/C15H17N3O3/c1-12(19)18(14-4-2-13(10-16)3-5-14)11-15(20)17-6-8-21-9-7-17/h2-5H,6-9,11H2,1H3. The summed E-state index contributed by atoms with van der Waals surface area (Å²) < 4.78 is 5.21. The molecule has 1 aliphatic rings. The highest BCUT2D eigenvalue weighted by atomic mass is 16.5. The van der Waals surface area contributed by atoms with E-state index in [-0.39, 0.29) is 18.4 Å². The van der Waals surface area contributed by atoms with Crippen molar-refractivity contribution in [3.05, 3.63) is 29.8 Å². The maximum atomic E-state index is 12.2. The van der Waals surface area contributed by atoms with E-state index in [0.29, 0.717) is 37.6 Å². The number of carbonyl (C=O) groups excluding carboxylic acids is 2. The Morgan fingerprint density at radius 2 is 1.90 bits per heavy atom. The molecule has 1 fully saturated rings. The molecule has 1 heterocycles. The molecular formula is C15H17N3O3. The van der Waals surface area contributed by atoms with E-state index < -0.39 is 0 Å². The van der Waals surface area contributed by atoms with E-state index in [9.17, 15) is 9.59 Å². The van der Waals surface area contributed by atoms with Crippen LogP contribution in [-0.4, -0.2) is 49.6 Å². The van der Waals surface area contributed by atoms with Crippen molar-refractivity contribution in [2.45, 2.75) is 6.92 Å². The number of rotatable bonds is 3. The second kappa shape index (κ2) is 6.86. The number of hydrogen-bond donors (Lipinski definition) is 0. The quantitative estimate of drug-likeness (QED) is 0.823. The summed E-state index contributed by atoms with van der Waals surface area (Å²) in [5.74, 6) is -0.306. The van der Waals surface area contributed by atoms with Gasteiger partial charge in [0.2, 0.25) is 11.8 Å². The maximum Gasteiger partial charge on any atom is 0.242 e. The average molecular weight is 287 g/mol. The molecule has 1 aromatic carbocycles. The normalized spacial score (nSPS) is 14.4. The first kappa shape index (κ1) is 15.0. The largest absolute Gasteiger partial charge is 0.378 e. The molecule has 1 saturated heterocycles. The van der Waals surface area contributed by atoms with Crippen molar-refractivity contribution < 1.29 is 14.3 Å². The molecule has 0 aromatic heterocycles. The van der Waals surface area contributed by atoms with E-state index in [2.05, 4.69) is 0 Å². The van der Waals surface area contributed by atoms with Crippen LogP contribution in [0.1, 0.15) is 12.5 Å². The third-order valence-corrected chi connectivity index (χ3v) is 3.35. The summed E-state index contributed by atoms with van der Waals surface area (Å²) in [5.41, 5.74) is 1.13. The van der Waals surface area contributed by atoms with Crippen LogP contribution in [0.2, 0.25) is 0 Å². The molecule has 0 spiro atoms. The average Bonchev–Trinajstić information content (AvgIpc) is 2.53. The van der Waals surface area contributed by atoms with Gasteiger partial charge in [-0.05, 0) is 24.3 Å². The van der Waals surface area contributed by atoms with Crippen LogP contribution in [0.3, 0.4) is 0 Å². The van der Waals surface area contributed by atoms with Crippen molar-refractivity contribution in [3.63, 3.8) is 0 Å². The second-order valence-electron chi connectivity index (χ2n) is 4.76. The maximum absolute atomic E-state index is 12.2. The Kier molecular flexibility index (Phi) is 4.90. The molecule has 0 atom stereocenters. The zero-order valence-corrected chi connectivity index (χ0v) is 11.9. The minimum absolute atomic E-state index is 0.00122. The lowest BCUT2D eigenvalue weighted by molar-refractivity contribution is -0.134. The van der Waals surface area contributed by atoms with Gasteiger partial charge in [-0.3, -0.25) is 9.59 Å². The highest BCUT2D eigenvalue weighted by Gasteiger charge is 2.21. The summed E-state index contributed by atoms with van der Waals surface area (Å²) in [6.07, 6.45) is 0. The number of amides is 2. The zero-order chi connectivity index (χ0) is 15.2. The molecule has 0 unspecified atom stereocenters. The Hall–Kier alpha value is -2.39. The van der Waals surface area contributed by atoms with E-state index in [1.807, 2.05) is 6.07 Å². The van der Waals surface area contributed by atoms with Crippen molar-refractivity contribution >= 4 is 17.5 Å². The lowest BCUT2D eigenvalue weighted by atomic mass is 10.2. The lowest BCUT2D eigenvalue weighted by Gasteiger charge is -2.29. The molecule has 2 rings (SSSR count). The van der Waals surface area contributed by atoms with Gasteiger partial charge in [-0.15, -0.1) is 0 Å². The number of carbonyl (C=O) groups is 2. The molecule has 0 saturated carbocycles. The van der Waals surface area contributed by atoms with E-state index in [4.69, 9.17) is 10.00 Å². The number of benzene rings is 1. The first-order chi connectivity index (χ1) is 10.1. The Balaban J connectivity index is 2.09. The van der Waals surface area contributed by atoms with Gasteiger partial charge in [0.25, 0.3) is 0 Å². The van der Waals surface area contributed by atoms with Crippen LogP contribution in [0.4, 0.5) is 5.69 Å². The highest BCUT2D eigenvalue weighted by molar-refractivity contribution is 5.97. The van der Waals surface area contributed by atoms with Gasteiger partial charge in [0.15, 0.2) is 0 Å². The SMILES string of the molecule is CC(=O)N(CC(=O)N1CCOCC1)c1ccc(C#N)cc1. The highest BCUT2D eigenvalue weighted by Crippen LogP contribution is 2.16. The Morgan fingerprint density at radius 1 is 1.29 bits per heavy atom. The van der Waals surface area contributed by atoms with E-state index >= 15 is 0 Å². The van der Waals surface area contributed by atoms with E-state index in [1.165, 1.54) is 11.8 Å². The third-order valence-electron chi connectivity index (χ3n) is 3.35. The van der Waals surface area contributed by atoms with Gasteiger partial charge in [-0.25, -0.2) is 0 Å². The summed E-state index contributed by atoms with van der Waals surface area (Å²) in [4.78, 5) is 27.1. The zero-order valence-electron chi connectivity index (χ0n) is 11.9. The molecule has 21 heavy (non-hydrogen) atoms. The van der Waals surface area contributed by atoms with Crippen molar-refractivity contribution in [2.75, 3.05) is 37.7 Å². The Morgan fingerprint density at radius 3 is 2.43 bits per heavy atom. The van der Waals surface area contributed by atoms with E-state index in [0.717, 1.165) is 0 Å². The number of ether oxygens (including phenoxy) is 1. The molecule has 6 heteroatoms. The second-order valence-corrected chi connectivity index (χ2v) is 4.76. The van der Waals surface area contributed by atoms with Crippen LogP contribution in [0.5, 0.6) is 0 Å². The molecule has 6 nitrogen and oxygen atoms in total. The van der Waals surface area contributed by atoms with Crippen molar-refractivity contribution in [1.82, 2.24) is 4.90 Å². The predicted octanol–water partition coefficient (Wildman–Crippen LogP) is 0.770. The van der Waals surface area contributed by atoms with Gasteiger partial charge in [-0.1, -0.05) is 0 Å². The van der Waals surface area contributed by atoms with Crippen molar-refractivity contribution in [2.24, 2.45) is 0 Å². The van der Waals surface area contributed by atoms with Crippen molar-refractivity contribution in [3.8, 4) is 6.07 Å². The minimum Gasteiger partial charge on any atom is -0.378 e. The predicted molar refractivity (Wildman–Crippen MR) is 76.6 cm³/mol. The van der Waals surface area contributed by atoms with Crippen LogP contribution in [0.25, 0.3) is 0 Å². The van der Waals surface area contributed by atoms with Crippen LogP contribution in [0, 0.1) is 11.3 Å². The number of nitriles is 1. The van der Waals surface area contributed by atoms with Crippen LogP contribution < -0.4 is 4.90 Å². The molecule has 0 bridgehead atoms. The lowest BCUT2D eigenvalue weighted by Crippen LogP contribution is -2.46. The molecular weight excluding hydrogens is 270 g/mol. The van der Waals surface area contributed by atoms with Gasteiger partial charge in [0.05, 0.1) is 24.8 Å². The van der Waals surface area contributed by atoms with Gasteiger partial charge in [0, 0.05) is 25.7 Å². The number of anilines is 1. The molecule has 0 radical (unpaired) electrons. The molecule has 110 valence electrons. The first-order valence-corrected chi connectivity index (χ1v) is 6.75. The molecule has 0 N–H and O–H groups in total. The fraction of sp³-hybridized carbons (Fsp3) is 0.400. The van der Waals surface area contributed by atoms with Gasteiger partial charge < -0.3 is 14.5 Å². The fourth-order valence-corrected chi connectivity index (χ4v) is 2.15. The van der Waals surface area contributed by atoms with Crippen LogP contribution in [0.15, 0.2) is 24.3 Å². The summed E-state index contributed by atoms with van der Waals surface area (Å²) in [6.45, 7) is 3.59. The summed E-state index contributed by atoms with van der Waals surface area (Å²) in [5, 5.41) is 8.79. The molecule has 1 aromatic rings. The number of nitrogens with zero attached hydrogens (tertiary/aromatic N) is 3. The smallest absolute Gasteiger partial charge is 0.242 e. The van der Waals surface area contributed by atoms with Gasteiger partial charge in [-0.2, -0.15) is 5.26 Å². The van der Waals surface area contributed by atoms with E-state index in [1.54, 1.807) is 29.2 Å². The topological polar surface area (TPSA) is 73.6 Å². The third kappa shape index (κ3) is 3.80. The van der Waals surface area contributed by atoms with Crippen LogP contribution >= 0.6 is 0 Å². The fourth-order valence-electron chi connectivity index (χ4n) is 2.15. The number of morpholine rings is 1. The summed E-state index contributed by atoms with van der Waals surface area (Å²) in [7, 11) is 0.